The lowest BCUT2D eigenvalue weighted by atomic mass is 9.90. The third kappa shape index (κ3) is 1.31. The number of likely N-dealkylation sites (tertiary alicyclic amines) is 1. The Balaban J connectivity index is 2.03. The molecule has 1 nitrogen and oxygen atoms in total. The van der Waals surface area contributed by atoms with E-state index in [1.165, 1.54) is 32.2 Å². The van der Waals surface area contributed by atoms with Gasteiger partial charge in [-0.1, -0.05) is 6.42 Å². The van der Waals surface area contributed by atoms with E-state index in [0.717, 1.165) is 18.0 Å². The molecule has 2 bridgehead atoms. The average Bonchev–Trinajstić information content (AvgIpc) is 2.27. The second-order valence-corrected chi connectivity index (χ2v) is 4.48. The number of hydrogen-bond donors (Lipinski definition) is 0. The molecular weight excluding hydrogens is 134 g/mol. The molecule has 2 fully saturated rings. The van der Waals surface area contributed by atoms with Gasteiger partial charge >= 0.3 is 0 Å². The van der Waals surface area contributed by atoms with Crippen molar-refractivity contribution in [2.75, 3.05) is 6.54 Å². The molecule has 2 aliphatic rings. The highest BCUT2D eigenvalue weighted by atomic mass is 15.2. The van der Waals surface area contributed by atoms with Gasteiger partial charge in [0, 0.05) is 18.6 Å². The molecule has 0 amide bonds. The van der Waals surface area contributed by atoms with Crippen LogP contribution in [0.4, 0.5) is 0 Å². The zero-order valence-electron chi connectivity index (χ0n) is 7.71. The van der Waals surface area contributed by atoms with E-state index >= 15 is 0 Å². The van der Waals surface area contributed by atoms with E-state index < -0.39 is 0 Å². The third-order valence-electron chi connectivity index (χ3n) is 3.36. The first-order valence-corrected chi connectivity index (χ1v) is 5.03. The SMILES string of the molecule is CC(C)N1CC2CCCC1C2. The number of fused-ring (bicyclic) bond motifs is 2. The van der Waals surface area contributed by atoms with Crippen molar-refractivity contribution in [1.29, 1.82) is 0 Å². The van der Waals surface area contributed by atoms with Crippen LogP contribution in [0, 0.1) is 5.92 Å². The van der Waals surface area contributed by atoms with E-state index in [1.807, 2.05) is 0 Å². The van der Waals surface area contributed by atoms with Crippen molar-refractivity contribution < 1.29 is 0 Å². The van der Waals surface area contributed by atoms with Gasteiger partial charge in [-0.05, 0) is 39.0 Å². The van der Waals surface area contributed by atoms with E-state index in [2.05, 4.69) is 18.7 Å². The van der Waals surface area contributed by atoms with Crippen LogP contribution in [0.1, 0.15) is 39.5 Å². The zero-order valence-corrected chi connectivity index (χ0v) is 7.71. The molecule has 1 saturated heterocycles. The summed E-state index contributed by atoms with van der Waals surface area (Å²) in [5.41, 5.74) is 0. The molecular formula is C10H19N. The molecule has 1 heterocycles. The van der Waals surface area contributed by atoms with Gasteiger partial charge in [0.05, 0.1) is 0 Å². The summed E-state index contributed by atoms with van der Waals surface area (Å²) in [5.74, 6) is 1.05. The minimum Gasteiger partial charge on any atom is -0.298 e. The van der Waals surface area contributed by atoms with E-state index in [4.69, 9.17) is 0 Å². The average molecular weight is 153 g/mol. The van der Waals surface area contributed by atoms with Crippen LogP contribution < -0.4 is 0 Å². The van der Waals surface area contributed by atoms with Crippen molar-refractivity contribution in [2.45, 2.75) is 51.6 Å². The van der Waals surface area contributed by atoms with Crippen molar-refractivity contribution in [3.63, 3.8) is 0 Å². The first kappa shape index (κ1) is 7.60. The lowest BCUT2D eigenvalue weighted by Gasteiger charge is -2.27. The van der Waals surface area contributed by atoms with E-state index in [0.29, 0.717) is 0 Å². The van der Waals surface area contributed by atoms with E-state index in [9.17, 15) is 0 Å². The molecule has 1 aliphatic carbocycles. The quantitative estimate of drug-likeness (QED) is 0.558. The summed E-state index contributed by atoms with van der Waals surface area (Å²) in [5, 5.41) is 0. The highest BCUT2D eigenvalue weighted by Crippen LogP contribution is 2.36. The van der Waals surface area contributed by atoms with Crippen LogP contribution in [0.25, 0.3) is 0 Å². The standard InChI is InChI=1S/C10H19N/c1-8(2)11-7-9-4-3-5-10(11)6-9/h8-10H,3-7H2,1-2H3. The van der Waals surface area contributed by atoms with Gasteiger partial charge in [-0.15, -0.1) is 0 Å². The van der Waals surface area contributed by atoms with Gasteiger partial charge in [0.2, 0.25) is 0 Å². The molecule has 0 radical (unpaired) electrons. The molecule has 1 heteroatoms. The van der Waals surface area contributed by atoms with Crippen LogP contribution in [0.15, 0.2) is 0 Å². The summed E-state index contributed by atoms with van der Waals surface area (Å²) in [6.45, 7) is 6.06. The largest absolute Gasteiger partial charge is 0.298 e. The maximum absolute atomic E-state index is 2.71. The molecule has 2 unspecified atom stereocenters. The number of hydrogen-bond acceptors (Lipinski definition) is 1. The zero-order chi connectivity index (χ0) is 7.84. The molecule has 11 heavy (non-hydrogen) atoms. The Labute approximate surface area is 69.8 Å². The highest BCUT2D eigenvalue weighted by molar-refractivity contribution is 4.90. The third-order valence-corrected chi connectivity index (χ3v) is 3.36. The fourth-order valence-corrected chi connectivity index (χ4v) is 2.81. The van der Waals surface area contributed by atoms with Crippen LogP contribution >= 0.6 is 0 Å². The predicted octanol–water partition coefficient (Wildman–Crippen LogP) is 2.27. The molecule has 0 aromatic rings. The summed E-state index contributed by atoms with van der Waals surface area (Å²) in [6.07, 6.45) is 5.95. The number of rotatable bonds is 1. The lowest BCUT2D eigenvalue weighted by Crippen LogP contribution is -2.34. The van der Waals surface area contributed by atoms with Crippen molar-refractivity contribution in [1.82, 2.24) is 4.90 Å². The molecule has 1 aliphatic heterocycles. The van der Waals surface area contributed by atoms with Gasteiger partial charge in [-0.2, -0.15) is 0 Å². The van der Waals surface area contributed by atoms with Gasteiger partial charge in [-0.25, -0.2) is 0 Å². The van der Waals surface area contributed by atoms with E-state index in [-0.39, 0.29) is 0 Å². The smallest absolute Gasteiger partial charge is 0.0101 e. The van der Waals surface area contributed by atoms with Crippen molar-refractivity contribution in [2.24, 2.45) is 5.92 Å². The monoisotopic (exact) mass is 153 g/mol. The minimum atomic E-state index is 0.781. The van der Waals surface area contributed by atoms with Gasteiger partial charge < -0.3 is 0 Å². The normalized spacial score (nSPS) is 38.5. The first-order valence-electron chi connectivity index (χ1n) is 5.03. The maximum atomic E-state index is 2.71. The van der Waals surface area contributed by atoms with Crippen LogP contribution in [0.3, 0.4) is 0 Å². The Morgan fingerprint density at radius 1 is 1.27 bits per heavy atom. The molecule has 0 spiro atoms. The molecule has 2 rings (SSSR count). The van der Waals surface area contributed by atoms with Gasteiger partial charge in [0.15, 0.2) is 0 Å². The van der Waals surface area contributed by atoms with Gasteiger partial charge in [-0.3, -0.25) is 4.90 Å². The Morgan fingerprint density at radius 3 is 2.73 bits per heavy atom. The Kier molecular flexibility index (Phi) is 1.92. The topological polar surface area (TPSA) is 3.24 Å². The highest BCUT2D eigenvalue weighted by Gasteiger charge is 2.35. The second-order valence-electron chi connectivity index (χ2n) is 4.48. The maximum Gasteiger partial charge on any atom is 0.0101 e. The van der Waals surface area contributed by atoms with Crippen LogP contribution in [0.5, 0.6) is 0 Å². The van der Waals surface area contributed by atoms with Crippen molar-refractivity contribution in [3.05, 3.63) is 0 Å². The van der Waals surface area contributed by atoms with Gasteiger partial charge in [0.1, 0.15) is 0 Å². The molecule has 0 aromatic carbocycles. The fourth-order valence-electron chi connectivity index (χ4n) is 2.81. The fraction of sp³-hybridized carbons (Fsp3) is 1.00. The molecule has 64 valence electrons. The molecule has 0 N–H and O–H groups in total. The molecule has 2 atom stereocenters. The van der Waals surface area contributed by atoms with E-state index in [1.54, 1.807) is 0 Å². The summed E-state index contributed by atoms with van der Waals surface area (Å²) in [6, 6.07) is 1.73. The summed E-state index contributed by atoms with van der Waals surface area (Å²) >= 11 is 0. The number of nitrogens with zero attached hydrogens (tertiary/aromatic N) is 1. The Bertz CT molecular complexity index is 142. The molecule has 0 aromatic heterocycles. The predicted molar refractivity (Wildman–Crippen MR) is 47.6 cm³/mol. The Hall–Kier alpha value is -0.0400. The minimum absolute atomic E-state index is 0.781. The molecule has 1 saturated carbocycles. The second kappa shape index (κ2) is 2.78. The van der Waals surface area contributed by atoms with Crippen molar-refractivity contribution >= 4 is 0 Å². The lowest BCUT2D eigenvalue weighted by molar-refractivity contribution is 0.198. The van der Waals surface area contributed by atoms with Crippen molar-refractivity contribution in [3.8, 4) is 0 Å². The Morgan fingerprint density at radius 2 is 2.09 bits per heavy atom. The summed E-state index contributed by atoms with van der Waals surface area (Å²) in [4.78, 5) is 2.71. The van der Waals surface area contributed by atoms with Gasteiger partial charge in [0.25, 0.3) is 0 Å². The summed E-state index contributed by atoms with van der Waals surface area (Å²) < 4.78 is 0. The van der Waals surface area contributed by atoms with Crippen LogP contribution in [-0.2, 0) is 0 Å². The van der Waals surface area contributed by atoms with Crippen LogP contribution in [-0.4, -0.2) is 23.5 Å². The first-order chi connectivity index (χ1) is 5.27. The van der Waals surface area contributed by atoms with Crippen LogP contribution in [0.2, 0.25) is 0 Å². The summed E-state index contributed by atoms with van der Waals surface area (Å²) in [7, 11) is 0.